The van der Waals surface area contributed by atoms with E-state index < -0.39 is 17.5 Å². The molecule has 1 fully saturated rings. The molecule has 0 aromatic heterocycles. The Morgan fingerprint density at radius 1 is 1.14 bits per heavy atom. The van der Waals surface area contributed by atoms with Crippen molar-refractivity contribution >= 4 is 5.78 Å². The third-order valence-electron chi connectivity index (χ3n) is 4.45. The molecule has 1 aromatic carbocycles. The molecule has 0 saturated heterocycles. The molecule has 0 spiro atoms. The van der Waals surface area contributed by atoms with E-state index in [0.29, 0.717) is 18.8 Å². The average molecular weight is 298 g/mol. The topological polar surface area (TPSA) is 17.1 Å². The molecule has 1 aliphatic rings. The summed E-state index contributed by atoms with van der Waals surface area (Å²) in [6, 6.07) is 2.21. The van der Waals surface area contributed by atoms with Gasteiger partial charge in [-0.3, -0.25) is 4.79 Å². The number of halogens is 3. The number of ketones is 1. The van der Waals surface area contributed by atoms with E-state index in [0.717, 1.165) is 31.7 Å². The first kappa shape index (κ1) is 16.1. The predicted molar refractivity (Wildman–Crippen MR) is 75.4 cm³/mol. The number of benzene rings is 1. The first-order valence-electron chi connectivity index (χ1n) is 7.68. The number of carbonyl (C=O) groups is 1. The summed E-state index contributed by atoms with van der Waals surface area (Å²) >= 11 is 0. The van der Waals surface area contributed by atoms with Crippen LogP contribution in [0.2, 0.25) is 0 Å². The molecule has 0 N–H and O–H groups in total. The number of Topliss-reactive ketones (excluding diaryl/α,β-unsaturated/α-hetero) is 1. The Bertz CT molecular complexity index is 513. The molecule has 1 saturated carbocycles. The normalized spacial score (nSPS) is 22.6. The Morgan fingerprint density at radius 3 is 2.62 bits per heavy atom. The SMILES string of the molecule is CCCC1CCC(=O)C(CCc2ccc(F)c(F)c2F)C1. The molecule has 116 valence electrons. The van der Waals surface area contributed by atoms with Gasteiger partial charge in [0, 0.05) is 12.3 Å². The van der Waals surface area contributed by atoms with Crippen LogP contribution in [0.5, 0.6) is 0 Å². The summed E-state index contributed by atoms with van der Waals surface area (Å²) in [4.78, 5) is 11.9. The zero-order valence-electron chi connectivity index (χ0n) is 12.3. The molecule has 0 amide bonds. The number of aryl methyl sites for hydroxylation is 1. The summed E-state index contributed by atoms with van der Waals surface area (Å²) in [7, 11) is 0. The fraction of sp³-hybridized carbons (Fsp3) is 0.588. The summed E-state index contributed by atoms with van der Waals surface area (Å²) < 4.78 is 39.7. The van der Waals surface area contributed by atoms with E-state index in [9.17, 15) is 18.0 Å². The van der Waals surface area contributed by atoms with E-state index in [1.54, 1.807) is 0 Å². The van der Waals surface area contributed by atoms with Crippen molar-refractivity contribution in [3.63, 3.8) is 0 Å². The Labute approximate surface area is 123 Å². The highest BCUT2D eigenvalue weighted by Crippen LogP contribution is 2.32. The second kappa shape index (κ2) is 7.10. The van der Waals surface area contributed by atoms with Gasteiger partial charge in [0.25, 0.3) is 0 Å². The Hall–Kier alpha value is -1.32. The maximum atomic E-state index is 13.6. The number of rotatable bonds is 5. The molecule has 4 heteroatoms. The summed E-state index contributed by atoms with van der Waals surface area (Å²) in [5.74, 6) is -3.00. The van der Waals surface area contributed by atoms with Crippen molar-refractivity contribution in [1.82, 2.24) is 0 Å². The van der Waals surface area contributed by atoms with Crippen molar-refractivity contribution in [3.8, 4) is 0 Å². The molecule has 1 nitrogen and oxygen atoms in total. The molecule has 2 atom stereocenters. The molecule has 2 unspecified atom stereocenters. The van der Waals surface area contributed by atoms with Crippen LogP contribution in [0.1, 0.15) is 51.0 Å². The molecular formula is C17H21F3O. The monoisotopic (exact) mass is 298 g/mol. The smallest absolute Gasteiger partial charge is 0.194 e. The quantitative estimate of drug-likeness (QED) is 0.712. The van der Waals surface area contributed by atoms with Crippen LogP contribution in [0.25, 0.3) is 0 Å². The maximum Gasteiger partial charge on any atom is 0.194 e. The van der Waals surface area contributed by atoms with E-state index in [4.69, 9.17) is 0 Å². The molecule has 0 aliphatic heterocycles. The summed E-state index contributed by atoms with van der Waals surface area (Å²) in [6.07, 6.45) is 5.39. The molecule has 2 rings (SSSR count). The Morgan fingerprint density at radius 2 is 1.90 bits per heavy atom. The zero-order valence-corrected chi connectivity index (χ0v) is 12.3. The van der Waals surface area contributed by atoms with Crippen LogP contribution in [0, 0.1) is 29.3 Å². The minimum atomic E-state index is -1.42. The van der Waals surface area contributed by atoms with E-state index in [2.05, 4.69) is 6.92 Å². The van der Waals surface area contributed by atoms with E-state index in [1.807, 2.05) is 0 Å². The van der Waals surface area contributed by atoms with Gasteiger partial charge in [-0.2, -0.15) is 0 Å². The molecule has 1 aromatic rings. The van der Waals surface area contributed by atoms with Crippen LogP contribution in [0.3, 0.4) is 0 Å². The third-order valence-corrected chi connectivity index (χ3v) is 4.45. The van der Waals surface area contributed by atoms with Crippen molar-refractivity contribution in [2.75, 3.05) is 0 Å². The number of carbonyl (C=O) groups excluding carboxylic acids is 1. The van der Waals surface area contributed by atoms with Crippen molar-refractivity contribution in [2.24, 2.45) is 11.8 Å². The van der Waals surface area contributed by atoms with Gasteiger partial charge >= 0.3 is 0 Å². The minimum Gasteiger partial charge on any atom is -0.299 e. The molecule has 1 aliphatic carbocycles. The van der Waals surface area contributed by atoms with Crippen LogP contribution in [-0.2, 0) is 11.2 Å². The van der Waals surface area contributed by atoms with Gasteiger partial charge in [-0.25, -0.2) is 13.2 Å². The lowest BCUT2D eigenvalue weighted by molar-refractivity contribution is -0.125. The molecule has 21 heavy (non-hydrogen) atoms. The van der Waals surface area contributed by atoms with E-state index in [1.165, 1.54) is 6.07 Å². The zero-order chi connectivity index (χ0) is 15.4. The fourth-order valence-corrected chi connectivity index (χ4v) is 3.24. The van der Waals surface area contributed by atoms with E-state index >= 15 is 0 Å². The summed E-state index contributed by atoms with van der Waals surface area (Å²) in [5, 5.41) is 0. The van der Waals surface area contributed by atoms with Crippen molar-refractivity contribution < 1.29 is 18.0 Å². The van der Waals surface area contributed by atoms with Gasteiger partial charge in [-0.1, -0.05) is 25.8 Å². The summed E-state index contributed by atoms with van der Waals surface area (Å²) in [6.45, 7) is 2.13. The average Bonchev–Trinajstić information content (AvgIpc) is 2.47. The highest BCUT2D eigenvalue weighted by molar-refractivity contribution is 5.81. The molecule has 0 bridgehead atoms. The van der Waals surface area contributed by atoms with Gasteiger partial charge in [0.1, 0.15) is 5.78 Å². The van der Waals surface area contributed by atoms with Crippen LogP contribution >= 0.6 is 0 Å². The number of hydrogen-bond acceptors (Lipinski definition) is 1. The Balaban J connectivity index is 1.98. The highest BCUT2D eigenvalue weighted by Gasteiger charge is 2.28. The highest BCUT2D eigenvalue weighted by atomic mass is 19.2. The standard InChI is InChI=1S/C17H21F3O/c1-2-3-11-4-9-15(21)13(10-11)6-5-12-7-8-14(18)17(20)16(12)19/h7-8,11,13H,2-6,9-10H2,1H3. The largest absolute Gasteiger partial charge is 0.299 e. The van der Waals surface area contributed by atoms with Gasteiger partial charge < -0.3 is 0 Å². The molecule has 0 radical (unpaired) electrons. The lowest BCUT2D eigenvalue weighted by atomic mass is 9.76. The first-order valence-corrected chi connectivity index (χ1v) is 7.68. The predicted octanol–water partition coefficient (Wildman–Crippen LogP) is 4.82. The molecule has 0 heterocycles. The minimum absolute atomic E-state index is 0.0668. The van der Waals surface area contributed by atoms with Gasteiger partial charge in [0.2, 0.25) is 0 Å². The van der Waals surface area contributed by atoms with Crippen LogP contribution in [-0.4, -0.2) is 5.78 Å². The van der Waals surface area contributed by atoms with Gasteiger partial charge in [0.05, 0.1) is 0 Å². The fourth-order valence-electron chi connectivity index (χ4n) is 3.24. The number of hydrogen-bond donors (Lipinski definition) is 0. The Kier molecular flexibility index (Phi) is 5.43. The second-order valence-electron chi connectivity index (χ2n) is 5.97. The maximum absolute atomic E-state index is 13.6. The summed E-state index contributed by atoms with van der Waals surface area (Å²) in [5.41, 5.74) is 0.152. The lowest BCUT2D eigenvalue weighted by Gasteiger charge is -2.28. The van der Waals surface area contributed by atoms with Crippen LogP contribution in [0.15, 0.2) is 12.1 Å². The first-order chi connectivity index (χ1) is 10.0. The van der Waals surface area contributed by atoms with Gasteiger partial charge in [0.15, 0.2) is 17.5 Å². The van der Waals surface area contributed by atoms with Crippen molar-refractivity contribution in [1.29, 1.82) is 0 Å². The molecular weight excluding hydrogens is 277 g/mol. The van der Waals surface area contributed by atoms with Crippen molar-refractivity contribution in [2.45, 2.75) is 51.9 Å². The van der Waals surface area contributed by atoms with Crippen molar-refractivity contribution in [3.05, 3.63) is 35.1 Å². The van der Waals surface area contributed by atoms with Gasteiger partial charge in [-0.05, 0) is 43.2 Å². The second-order valence-corrected chi connectivity index (χ2v) is 5.97. The van der Waals surface area contributed by atoms with Crippen LogP contribution in [0.4, 0.5) is 13.2 Å². The van der Waals surface area contributed by atoms with E-state index in [-0.39, 0.29) is 23.7 Å². The third kappa shape index (κ3) is 3.86. The van der Waals surface area contributed by atoms with Crippen LogP contribution < -0.4 is 0 Å². The van der Waals surface area contributed by atoms with Gasteiger partial charge in [-0.15, -0.1) is 0 Å². The lowest BCUT2D eigenvalue weighted by Crippen LogP contribution is -2.25.